The molecule has 1 aromatic carbocycles. The number of nitrogens with zero attached hydrogens (tertiary/aromatic N) is 5. The summed E-state index contributed by atoms with van der Waals surface area (Å²) in [6.07, 6.45) is 7.52. The minimum Gasteiger partial charge on any atom is -0.479 e. The van der Waals surface area contributed by atoms with Gasteiger partial charge in [-0.05, 0) is 30.0 Å². The van der Waals surface area contributed by atoms with Crippen molar-refractivity contribution in [1.82, 2.24) is 19.5 Å². The van der Waals surface area contributed by atoms with Gasteiger partial charge >= 0.3 is 11.9 Å². The number of carbonyl (C=O) groups is 2. The molecule has 3 aromatic rings. The van der Waals surface area contributed by atoms with E-state index in [0.29, 0.717) is 35.5 Å². The van der Waals surface area contributed by atoms with Crippen molar-refractivity contribution in [2.45, 2.75) is 49.7 Å². The number of carboxylic acid groups (broad SMARTS) is 2. The summed E-state index contributed by atoms with van der Waals surface area (Å²) < 4.78 is 13.5. The SMILES string of the molecule is C#CC1CC(n2cnc3c(N4CCCC4CO)nc(Cl)nc32)OC1COC(Cc1ccccc1)(C(=O)O)C(=O)O. The second-order valence-electron chi connectivity index (χ2n) is 9.86. The third-order valence-electron chi connectivity index (χ3n) is 7.48. The van der Waals surface area contributed by atoms with Crippen molar-refractivity contribution >= 4 is 40.5 Å². The molecule has 0 amide bonds. The number of imidazole rings is 1. The van der Waals surface area contributed by atoms with Crippen molar-refractivity contribution in [2.24, 2.45) is 5.92 Å². The highest BCUT2D eigenvalue weighted by Gasteiger charge is 2.50. The van der Waals surface area contributed by atoms with E-state index in [4.69, 9.17) is 27.5 Å². The summed E-state index contributed by atoms with van der Waals surface area (Å²) in [6, 6.07) is 8.28. The van der Waals surface area contributed by atoms with Crippen LogP contribution in [0.3, 0.4) is 0 Å². The number of anilines is 1. The van der Waals surface area contributed by atoms with Crippen molar-refractivity contribution in [3.05, 3.63) is 47.5 Å². The maximum absolute atomic E-state index is 12.2. The Labute approximate surface area is 234 Å². The van der Waals surface area contributed by atoms with Gasteiger partial charge < -0.3 is 29.7 Å². The van der Waals surface area contributed by atoms with Gasteiger partial charge in [-0.1, -0.05) is 30.3 Å². The summed E-state index contributed by atoms with van der Waals surface area (Å²) in [4.78, 5) is 39.6. The average molecular weight is 570 g/mol. The van der Waals surface area contributed by atoms with Crippen molar-refractivity contribution in [3.63, 3.8) is 0 Å². The van der Waals surface area contributed by atoms with Gasteiger partial charge in [-0.25, -0.2) is 14.6 Å². The Morgan fingerprint density at radius 2 is 1.98 bits per heavy atom. The molecular weight excluding hydrogens is 542 g/mol. The molecule has 13 heteroatoms. The Kier molecular flexibility index (Phi) is 7.91. The Morgan fingerprint density at radius 1 is 1.23 bits per heavy atom. The maximum atomic E-state index is 12.2. The molecule has 4 heterocycles. The van der Waals surface area contributed by atoms with E-state index in [0.717, 1.165) is 12.8 Å². The van der Waals surface area contributed by atoms with Crippen LogP contribution in [0.15, 0.2) is 36.7 Å². The number of aliphatic carboxylic acids is 2. The van der Waals surface area contributed by atoms with E-state index < -0.39 is 35.8 Å². The van der Waals surface area contributed by atoms with Crippen LogP contribution in [0.25, 0.3) is 11.2 Å². The van der Waals surface area contributed by atoms with Gasteiger partial charge in [-0.3, -0.25) is 4.57 Å². The second-order valence-corrected chi connectivity index (χ2v) is 10.2. The first-order chi connectivity index (χ1) is 19.3. The minimum atomic E-state index is -2.53. The van der Waals surface area contributed by atoms with Crippen LogP contribution in [0.2, 0.25) is 5.28 Å². The summed E-state index contributed by atoms with van der Waals surface area (Å²) in [5.74, 6) is -0.590. The zero-order valence-corrected chi connectivity index (χ0v) is 22.1. The molecule has 3 N–H and O–H groups in total. The first kappa shape index (κ1) is 27.8. The van der Waals surface area contributed by atoms with Gasteiger partial charge in [0.2, 0.25) is 5.28 Å². The number of hydrogen-bond donors (Lipinski definition) is 3. The number of benzene rings is 1. The van der Waals surface area contributed by atoms with Crippen molar-refractivity contribution in [2.75, 3.05) is 24.7 Å². The van der Waals surface area contributed by atoms with Crippen LogP contribution in [0.5, 0.6) is 0 Å². The fourth-order valence-electron chi connectivity index (χ4n) is 5.35. The molecule has 2 aromatic heterocycles. The molecule has 5 rings (SSSR count). The molecule has 4 unspecified atom stereocenters. The number of carboxylic acids is 2. The van der Waals surface area contributed by atoms with E-state index in [-0.39, 0.29) is 31.0 Å². The third-order valence-corrected chi connectivity index (χ3v) is 7.65. The van der Waals surface area contributed by atoms with Gasteiger partial charge in [-0.2, -0.15) is 9.97 Å². The normalized spacial score (nSPS) is 23.0. The van der Waals surface area contributed by atoms with Gasteiger partial charge in [0.15, 0.2) is 17.0 Å². The first-order valence-electron chi connectivity index (χ1n) is 12.8. The molecule has 12 nitrogen and oxygen atoms in total. The molecule has 2 aliphatic heterocycles. The summed E-state index contributed by atoms with van der Waals surface area (Å²) >= 11 is 6.28. The molecule has 2 aliphatic rings. The fraction of sp³-hybridized carbons (Fsp3) is 0.444. The molecular formula is C27H28ClN5O7. The van der Waals surface area contributed by atoms with E-state index >= 15 is 0 Å². The zero-order valence-electron chi connectivity index (χ0n) is 21.4. The van der Waals surface area contributed by atoms with Crippen LogP contribution >= 0.6 is 11.6 Å². The quantitative estimate of drug-likeness (QED) is 0.186. The van der Waals surface area contributed by atoms with Crippen LogP contribution in [0.4, 0.5) is 5.82 Å². The standard InChI is InChI=1S/C27H28ClN5O7/c1-2-17-11-20(33-15-29-21-22(30-26(28)31-23(21)33)32-10-6-9-18(32)13-34)40-19(17)14-39-27(24(35)36,25(37)38)12-16-7-4-3-5-8-16/h1,3-5,7-8,15,17-20,34H,6,9-14H2,(H,35,36)(H,37,38). The minimum absolute atomic E-state index is 0.00725. The van der Waals surface area contributed by atoms with E-state index in [1.54, 1.807) is 41.2 Å². The average Bonchev–Trinajstić information content (AvgIpc) is 3.68. The zero-order chi connectivity index (χ0) is 28.4. The molecule has 0 saturated carbocycles. The van der Waals surface area contributed by atoms with E-state index in [9.17, 15) is 24.9 Å². The summed E-state index contributed by atoms with van der Waals surface area (Å²) in [6.45, 7) is 0.298. The number of aliphatic hydroxyl groups excluding tert-OH is 1. The van der Waals surface area contributed by atoms with Gasteiger partial charge in [0.1, 0.15) is 6.23 Å². The van der Waals surface area contributed by atoms with Crippen molar-refractivity contribution < 1.29 is 34.4 Å². The van der Waals surface area contributed by atoms with Crippen LogP contribution in [0, 0.1) is 18.3 Å². The number of rotatable bonds is 10. The predicted molar refractivity (Wildman–Crippen MR) is 143 cm³/mol. The molecule has 2 saturated heterocycles. The Hall–Kier alpha value is -3.76. The van der Waals surface area contributed by atoms with Gasteiger partial charge in [0.25, 0.3) is 5.60 Å². The highest BCUT2D eigenvalue weighted by Crippen LogP contribution is 2.38. The lowest BCUT2D eigenvalue weighted by Crippen LogP contribution is -2.52. The van der Waals surface area contributed by atoms with E-state index in [1.165, 1.54) is 0 Å². The van der Waals surface area contributed by atoms with Crippen molar-refractivity contribution in [3.8, 4) is 12.3 Å². The molecule has 2 fully saturated rings. The van der Waals surface area contributed by atoms with Gasteiger partial charge in [-0.15, -0.1) is 12.3 Å². The third kappa shape index (κ3) is 5.09. The lowest BCUT2D eigenvalue weighted by Gasteiger charge is -2.27. The van der Waals surface area contributed by atoms with Gasteiger partial charge in [0.05, 0.1) is 37.6 Å². The molecule has 40 heavy (non-hydrogen) atoms. The fourth-order valence-corrected chi connectivity index (χ4v) is 5.51. The number of hydrogen-bond acceptors (Lipinski definition) is 9. The van der Waals surface area contributed by atoms with Crippen LogP contribution < -0.4 is 4.90 Å². The van der Waals surface area contributed by atoms with Crippen LogP contribution in [-0.2, 0) is 25.5 Å². The van der Waals surface area contributed by atoms with Crippen LogP contribution in [0.1, 0.15) is 31.1 Å². The predicted octanol–water partition coefficient (Wildman–Crippen LogP) is 2.14. The molecule has 0 spiro atoms. The summed E-state index contributed by atoms with van der Waals surface area (Å²) in [5, 5.41) is 29.6. The highest BCUT2D eigenvalue weighted by molar-refractivity contribution is 6.28. The molecule has 0 radical (unpaired) electrons. The maximum Gasteiger partial charge on any atom is 0.348 e. The Balaban J connectivity index is 1.39. The largest absolute Gasteiger partial charge is 0.479 e. The lowest BCUT2D eigenvalue weighted by molar-refractivity contribution is -0.188. The lowest BCUT2D eigenvalue weighted by atomic mass is 9.94. The first-order valence-corrected chi connectivity index (χ1v) is 13.2. The van der Waals surface area contributed by atoms with Gasteiger partial charge in [0, 0.05) is 19.4 Å². The molecule has 4 atom stereocenters. The second kappa shape index (κ2) is 11.4. The Bertz CT molecular complexity index is 1430. The smallest absolute Gasteiger partial charge is 0.348 e. The summed E-state index contributed by atoms with van der Waals surface area (Å²) in [5.41, 5.74) is -1.14. The number of terminal acetylenes is 1. The van der Waals surface area contributed by atoms with E-state index in [1.807, 2.05) is 4.90 Å². The Morgan fingerprint density at radius 3 is 2.65 bits per heavy atom. The van der Waals surface area contributed by atoms with Crippen LogP contribution in [-0.4, -0.2) is 84.3 Å². The number of halogens is 1. The summed E-state index contributed by atoms with van der Waals surface area (Å²) in [7, 11) is 0. The number of ether oxygens (including phenoxy) is 2. The monoisotopic (exact) mass is 569 g/mol. The van der Waals surface area contributed by atoms with Crippen molar-refractivity contribution in [1.29, 1.82) is 0 Å². The highest BCUT2D eigenvalue weighted by atomic mass is 35.5. The molecule has 210 valence electrons. The number of fused-ring (bicyclic) bond motifs is 1. The number of aromatic nitrogens is 4. The number of aliphatic hydroxyl groups is 1. The topological polar surface area (TPSA) is 160 Å². The van der Waals surface area contributed by atoms with E-state index in [2.05, 4.69) is 20.9 Å². The molecule has 0 bridgehead atoms. The molecule has 0 aliphatic carbocycles.